The first kappa shape index (κ1) is 17.2. The van der Waals surface area contributed by atoms with Gasteiger partial charge in [-0.15, -0.1) is 0 Å². The smallest absolute Gasteiger partial charge is 0.345 e. The molecule has 2 aromatic heterocycles. The predicted octanol–water partition coefficient (Wildman–Crippen LogP) is 2.65. The Kier molecular flexibility index (Phi) is 4.43. The molecular weight excluding hydrogens is 358 g/mol. The number of nitrogens with zero attached hydrogens (tertiary/aromatic N) is 3. The molecule has 3 N–H and O–H groups in total. The Morgan fingerprint density at radius 1 is 1.14 bits per heavy atom. The number of benzene rings is 2. The molecule has 0 saturated carbocycles. The Bertz CT molecular complexity index is 1240. The summed E-state index contributed by atoms with van der Waals surface area (Å²) >= 11 is 0. The van der Waals surface area contributed by atoms with E-state index in [1.165, 1.54) is 6.21 Å². The van der Waals surface area contributed by atoms with Gasteiger partial charge < -0.3 is 10.2 Å². The van der Waals surface area contributed by atoms with Crippen molar-refractivity contribution in [2.45, 2.75) is 0 Å². The van der Waals surface area contributed by atoms with Gasteiger partial charge >= 0.3 is 11.7 Å². The number of carbonyl (C=O) groups excluding carboxylic acids is 1. The quantitative estimate of drug-likeness (QED) is 0.325. The molecule has 8 nitrogen and oxygen atoms in total. The number of fused-ring (bicyclic) bond motifs is 1. The number of hydrogen-bond donors (Lipinski definition) is 2. The minimum Gasteiger partial charge on any atom is -0.422 e. The fraction of sp³-hybridized carbons (Fsp3) is 0. The van der Waals surface area contributed by atoms with Crippen molar-refractivity contribution in [2.24, 2.45) is 10.8 Å². The van der Waals surface area contributed by atoms with Crippen molar-refractivity contribution in [2.75, 3.05) is 0 Å². The van der Waals surface area contributed by atoms with Gasteiger partial charge in [-0.2, -0.15) is 10.2 Å². The summed E-state index contributed by atoms with van der Waals surface area (Å²) in [6, 6.07) is 17.6. The van der Waals surface area contributed by atoms with Crippen LogP contribution in [0.4, 0.5) is 4.79 Å². The van der Waals surface area contributed by atoms with Gasteiger partial charge in [-0.3, -0.25) is 0 Å². The predicted molar refractivity (Wildman–Crippen MR) is 105 cm³/mol. The molecule has 2 aromatic carbocycles. The van der Waals surface area contributed by atoms with Crippen LogP contribution in [0.2, 0.25) is 0 Å². The van der Waals surface area contributed by atoms with Crippen molar-refractivity contribution in [1.29, 1.82) is 0 Å². The van der Waals surface area contributed by atoms with Crippen LogP contribution in [-0.2, 0) is 0 Å². The first-order valence-corrected chi connectivity index (χ1v) is 8.39. The average Bonchev–Trinajstić information content (AvgIpc) is 3.12. The molecule has 0 atom stereocenters. The van der Waals surface area contributed by atoms with Gasteiger partial charge in [-0.05, 0) is 24.3 Å². The van der Waals surface area contributed by atoms with Crippen LogP contribution < -0.4 is 16.8 Å². The maximum Gasteiger partial charge on any atom is 0.345 e. The molecule has 0 unspecified atom stereocenters. The van der Waals surface area contributed by atoms with E-state index in [1.807, 2.05) is 42.5 Å². The Morgan fingerprint density at radius 3 is 2.68 bits per heavy atom. The second-order valence-corrected chi connectivity index (χ2v) is 5.93. The second-order valence-electron chi connectivity index (χ2n) is 5.93. The Morgan fingerprint density at radius 2 is 1.89 bits per heavy atom. The van der Waals surface area contributed by atoms with Gasteiger partial charge in [0.05, 0.1) is 17.5 Å². The number of nitrogens with one attached hydrogen (secondary N) is 1. The summed E-state index contributed by atoms with van der Waals surface area (Å²) in [5.74, 6) is 0. The zero-order chi connectivity index (χ0) is 19.5. The van der Waals surface area contributed by atoms with Gasteiger partial charge in [0.15, 0.2) is 0 Å². The topological polar surface area (TPSA) is 116 Å². The third-order valence-corrected chi connectivity index (χ3v) is 4.04. The summed E-state index contributed by atoms with van der Waals surface area (Å²) in [7, 11) is 0. The van der Waals surface area contributed by atoms with Gasteiger partial charge in [0, 0.05) is 17.1 Å². The van der Waals surface area contributed by atoms with Crippen LogP contribution in [0.5, 0.6) is 0 Å². The van der Waals surface area contributed by atoms with Crippen molar-refractivity contribution in [3.05, 3.63) is 82.8 Å². The van der Waals surface area contributed by atoms with E-state index in [2.05, 4.69) is 15.6 Å². The third kappa shape index (κ3) is 3.38. The van der Waals surface area contributed by atoms with E-state index in [0.29, 0.717) is 16.8 Å². The molecule has 2 amide bonds. The van der Waals surface area contributed by atoms with Crippen LogP contribution in [0.1, 0.15) is 5.56 Å². The number of rotatable bonds is 4. The van der Waals surface area contributed by atoms with Crippen molar-refractivity contribution in [3.63, 3.8) is 0 Å². The fourth-order valence-electron chi connectivity index (χ4n) is 2.80. The highest BCUT2D eigenvalue weighted by Gasteiger charge is 2.16. The largest absolute Gasteiger partial charge is 0.422 e. The minimum atomic E-state index is -0.793. The molecule has 0 saturated heterocycles. The van der Waals surface area contributed by atoms with Crippen LogP contribution in [0.3, 0.4) is 0 Å². The third-order valence-electron chi connectivity index (χ3n) is 4.04. The molecule has 0 bridgehead atoms. The van der Waals surface area contributed by atoms with Gasteiger partial charge in [0.2, 0.25) is 0 Å². The summed E-state index contributed by atoms with van der Waals surface area (Å²) in [6.07, 6.45) is 3.08. The van der Waals surface area contributed by atoms with Crippen LogP contribution in [0.15, 0.2) is 81.2 Å². The fourth-order valence-corrected chi connectivity index (χ4v) is 2.80. The number of hydrogen-bond acceptors (Lipinski definition) is 5. The molecule has 0 aliphatic rings. The zero-order valence-electron chi connectivity index (χ0n) is 14.6. The SMILES string of the molecule is NC(=O)NN=Cc1cn(-c2ccccc2)nc1-c1cc2ccccc2oc1=O. The zero-order valence-corrected chi connectivity index (χ0v) is 14.6. The molecule has 0 aliphatic heterocycles. The lowest BCUT2D eigenvalue weighted by Gasteiger charge is -2.01. The number of carbonyl (C=O) groups is 1. The molecule has 2 heterocycles. The molecule has 0 aliphatic carbocycles. The summed E-state index contributed by atoms with van der Waals surface area (Å²) in [5.41, 5.74) is 9.12. The first-order chi connectivity index (χ1) is 13.6. The van der Waals surface area contributed by atoms with E-state index in [4.69, 9.17) is 10.2 Å². The van der Waals surface area contributed by atoms with E-state index < -0.39 is 11.7 Å². The van der Waals surface area contributed by atoms with Crippen molar-refractivity contribution in [1.82, 2.24) is 15.2 Å². The maximum atomic E-state index is 12.6. The number of amides is 2. The molecule has 28 heavy (non-hydrogen) atoms. The van der Waals surface area contributed by atoms with Gasteiger partial charge in [0.25, 0.3) is 0 Å². The van der Waals surface area contributed by atoms with Gasteiger partial charge in [0.1, 0.15) is 11.3 Å². The van der Waals surface area contributed by atoms with Crippen LogP contribution in [0.25, 0.3) is 27.9 Å². The molecule has 4 rings (SSSR count). The number of hydrazone groups is 1. The monoisotopic (exact) mass is 373 g/mol. The van der Waals surface area contributed by atoms with E-state index in [9.17, 15) is 9.59 Å². The maximum absolute atomic E-state index is 12.6. The summed E-state index contributed by atoms with van der Waals surface area (Å²) in [5, 5.41) is 9.10. The Labute approximate surface area is 158 Å². The number of urea groups is 1. The summed E-state index contributed by atoms with van der Waals surface area (Å²) < 4.78 is 7.04. The Balaban J connectivity index is 1.88. The van der Waals surface area contributed by atoms with E-state index in [0.717, 1.165) is 11.1 Å². The normalized spacial score (nSPS) is 11.1. The van der Waals surface area contributed by atoms with Crippen LogP contribution >= 0.6 is 0 Å². The minimum absolute atomic E-state index is 0.286. The number of aromatic nitrogens is 2. The lowest BCUT2D eigenvalue weighted by molar-refractivity contribution is 0.249. The molecule has 138 valence electrons. The molecule has 4 aromatic rings. The van der Waals surface area contributed by atoms with Crippen molar-refractivity contribution in [3.8, 4) is 16.9 Å². The van der Waals surface area contributed by atoms with E-state index in [-0.39, 0.29) is 5.56 Å². The number of primary amides is 1. The molecule has 8 heteroatoms. The van der Waals surface area contributed by atoms with Crippen molar-refractivity contribution >= 4 is 23.2 Å². The molecule has 0 spiro atoms. The molecule has 0 radical (unpaired) electrons. The van der Waals surface area contributed by atoms with Gasteiger partial charge in [-0.1, -0.05) is 36.4 Å². The first-order valence-electron chi connectivity index (χ1n) is 8.39. The van der Waals surface area contributed by atoms with Crippen molar-refractivity contribution < 1.29 is 9.21 Å². The highest BCUT2D eigenvalue weighted by molar-refractivity contribution is 5.91. The highest BCUT2D eigenvalue weighted by atomic mass is 16.4. The standard InChI is InChI=1S/C20H15N5O3/c21-20(27)23-22-11-14-12-25(15-7-2-1-3-8-15)24-18(14)16-10-13-6-4-5-9-17(13)28-19(16)26/h1-12H,(H3,21,23,27). The van der Waals surface area contributed by atoms with E-state index in [1.54, 1.807) is 29.1 Å². The lowest BCUT2D eigenvalue weighted by atomic mass is 10.1. The van der Waals surface area contributed by atoms with Crippen LogP contribution in [-0.4, -0.2) is 22.0 Å². The molecule has 0 fully saturated rings. The summed E-state index contributed by atoms with van der Waals surface area (Å²) in [4.78, 5) is 23.4. The average molecular weight is 373 g/mol. The van der Waals surface area contributed by atoms with Crippen LogP contribution in [0, 0.1) is 0 Å². The van der Waals surface area contributed by atoms with Gasteiger partial charge in [-0.25, -0.2) is 19.7 Å². The summed E-state index contributed by atoms with van der Waals surface area (Å²) in [6.45, 7) is 0. The Hall–Kier alpha value is -4.20. The lowest BCUT2D eigenvalue weighted by Crippen LogP contribution is -2.24. The second kappa shape index (κ2) is 7.20. The number of nitrogens with two attached hydrogens (primary N) is 1. The molecular formula is C20H15N5O3. The highest BCUT2D eigenvalue weighted by Crippen LogP contribution is 2.23. The van der Waals surface area contributed by atoms with E-state index >= 15 is 0 Å². The number of para-hydroxylation sites is 2.